The second-order valence-electron chi connectivity index (χ2n) is 6.87. The topological polar surface area (TPSA) is 75.6 Å². The molecule has 152 valence electrons. The van der Waals surface area contributed by atoms with Gasteiger partial charge in [0.15, 0.2) is 10.8 Å². The highest BCUT2D eigenvalue weighted by molar-refractivity contribution is 7.11. The molecule has 0 amide bonds. The van der Waals surface area contributed by atoms with Gasteiger partial charge in [-0.2, -0.15) is 0 Å². The van der Waals surface area contributed by atoms with Crippen molar-refractivity contribution in [3.63, 3.8) is 0 Å². The van der Waals surface area contributed by atoms with Gasteiger partial charge >= 0.3 is 5.97 Å². The molecule has 1 saturated heterocycles. The summed E-state index contributed by atoms with van der Waals surface area (Å²) >= 11 is 7.80. The SMILES string of the molecule is COC(=O)C1=C(C2CCCNC2)NC(c2nccs2)=NC1c1ccc(F)cc1Cl. The molecule has 29 heavy (non-hydrogen) atoms. The van der Waals surface area contributed by atoms with Gasteiger partial charge in [0.25, 0.3) is 0 Å². The monoisotopic (exact) mass is 434 g/mol. The predicted molar refractivity (Wildman–Crippen MR) is 111 cm³/mol. The molecule has 0 aliphatic carbocycles. The van der Waals surface area contributed by atoms with E-state index in [2.05, 4.69) is 15.6 Å². The van der Waals surface area contributed by atoms with Crippen LogP contribution in [0.1, 0.15) is 29.5 Å². The Labute approximate surface area is 176 Å². The van der Waals surface area contributed by atoms with Crippen LogP contribution in [0.5, 0.6) is 0 Å². The number of hydrogen-bond acceptors (Lipinski definition) is 7. The van der Waals surface area contributed by atoms with Gasteiger partial charge in [0.2, 0.25) is 0 Å². The van der Waals surface area contributed by atoms with E-state index in [-0.39, 0.29) is 10.9 Å². The van der Waals surface area contributed by atoms with Gasteiger partial charge in [-0.3, -0.25) is 4.99 Å². The maximum atomic E-state index is 13.7. The number of hydrogen-bond donors (Lipinski definition) is 2. The molecule has 2 unspecified atom stereocenters. The first-order valence-electron chi connectivity index (χ1n) is 9.31. The van der Waals surface area contributed by atoms with Crippen molar-refractivity contribution < 1.29 is 13.9 Å². The van der Waals surface area contributed by atoms with Crippen LogP contribution in [0.3, 0.4) is 0 Å². The molecule has 2 atom stereocenters. The molecule has 6 nitrogen and oxygen atoms in total. The zero-order valence-corrected chi connectivity index (χ0v) is 17.3. The van der Waals surface area contributed by atoms with Gasteiger partial charge in [-0.15, -0.1) is 11.3 Å². The zero-order valence-electron chi connectivity index (χ0n) is 15.7. The third-order valence-electron chi connectivity index (χ3n) is 5.08. The fraction of sp³-hybridized carbons (Fsp3) is 0.350. The summed E-state index contributed by atoms with van der Waals surface area (Å²) in [6.45, 7) is 1.68. The normalized spacial score (nSPS) is 22.1. The Hall–Kier alpha value is -2.29. The number of esters is 1. The van der Waals surface area contributed by atoms with E-state index in [9.17, 15) is 9.18 Å². The molecule has 0 bridgehead atoms. The number of methoxy groups -OCH3 is 1. The minimum absolute atomic E-state index is 0.0880. The lowest BCUT2D eigenvalue weighted by molar-refractivity contribution is -0.136. The van der Waals surface area contributed by atoms with E-state index in [4.69, 9.17) is 21.3 Å². The number of piperidine rings is 1. The molecule has 4 rings (SSSR count). The number of thiazole rings is 1. The number of rotatable bonds is 4. The molecular formula is C20H20ClFN4O2S. The van der Waals surface area contributed by atoms with E-state index in [1.807, 2.05) is 5.38 Å². The highest BCUT2D eigenvalue weighted by Crippen LogP contribution is 2.39. The van der Waals surface area contributed by atoms with Crippen molar-refractivity contribution in [2.75, 3.05) is 20.2 Å². The van der Waals surface area contributed by atoms with Crippen molar-refractivity contribution in [2.24, 2.45) is 10.9 Å². The van der Waals surface area contributed by atoms with Crippen LogP contribution in [0, 0.1) is 11.7 Å². The van der Waals surface area contributed by atoms with E-state index < -0.39 is 17.8 Å². The fourth-order valence-electron chi connectivity index (χ4n) is 3.72. The van der Waals surface area contributed by atoms with Crippen LogP contribution in [0.2, 0.25) is 5.02 Å². The molecule has 0 spiro atoms. The second-order valence-corrected chi connectivity index (χ2v) is 8.17. The smallest absolute Gasteiger partial charge is 0.338 e. The Morgan fingerprint density at radius 2 is 2.28 bits per heavy atom. The minimum atomic E-state index is -0.715. The average Bonchev–Trinajstić information content (AvgIpc) is 3.28. The van der Waals surface area contributed by atoms with E-state index in [1.165, 1.54) is 30.6 Å². The lowest BCUT2D eigenvalue weighted by Gasteiger charge is -2.33. The average molecular weight is 435 g/mol. The Bertz CT molecular complexity index is 971. The van der Waals surface area contributed by atoms with Gasteiger partial charge in [0.05, 0.1) is 12.7 Å². The van der Waals surface area contributed by atoms with E-state index in [1.54, 1.807) is 12.3 Å². The number of halogens is 2. The van der Waals surface area contributed by atoms with Gasteiger partial charge in [-0.25, -0.2) is 14.2 Å². The molecule has 2 aliphatic rings. The van der Waals surface area contributed by atoms with Crippen LogP contribution in [0.4, 0.5) is 4.39 Å². The quantitative estimate of drug-likeness (QED) is 0.721. The first-order chi connectivity index (χ1) is 14.1. The summed E-state index contributed by atoms with van der Waals surface area (Å²) in [4.78, 5) is 21.9. The number of carbonyl (C=O) groups is 1. The lowest BCUT2D eigenvalue weighted by Crippen LogP contribution is -2.41. The van der Waals surface area contributed by atoms with E-state index in [0.29, 0.717) is 22.0 Å². The molecule has 1 fully saturated rings. The number of ether oxygens (including phenoxy) is 1. The maximum Gasteiger partial charge on any atom is 0.338 e. The third-order valence-corrected chi connectivity index (χ3v) is 6.18. The Kier molecular flexibility index (Phi) is 5.94. The van der Waals surface area contributed by atoms with Crippen LogP contribution in [0.25, 0.3) is 0 Å². The van der Waals surface area contributed by atoms with Crippen molar-refractivity contribution >= 4 is 34.7 Å². The first-order valence-corrected chi connectivity index (χ1v) is 10.6. The van der Waals surface area contributed by atoms with Crippen molar-refractivity contribution in [3.05, 3.63) is 62.5 Å². The largest absolute Gasteiger partial charge is 0.466 e. The number of carbonyl (C=O) groups excluding carboxylic acids is 1. The first kappa shape index (κ1) is 20.0. The molecular weight excluding hydrogens is 415 g/mol. The van der Waals surface area contributed by atoms with Gasteiger partial charge < -0.3 is 15.4 Å². The number of amidine groups is 1. The molecule has 3 heterocycles. The summed E-state index contributed by atoms with van der Waals surface area (Å²) in [5, 5.41) is 9.50. The van der Waals surface area contributed by atoms with Crippen LogP contribution < -0.4 is 10.6 Å². The Balaban J connectivity index is 1.88. The van der Waals surface area contributed by atoms with E-state index >= 15 is 0 Å². The highest BCUT2D eigenvalue weighted by atomic mass is 35.5. The van der Waals surface area contributed by atoms with Crippen LogP contribution in [-0.2, 0) is 9.53 Å². The van der Waals surface area contributed by atoms with Gasteiger partial charge in [-0.1, -0.05) is 17.7 Å². The summed E-state index contributed by atoms with van der Waals surface area (Å²) < 4.78 is 18.7. The fourth-order valence-corrected chi connectivity index (χ4v) is 4.58. The predicted octanol–water partition coefficient (Wildman–Crippen LogP) is 3.45. The lowest BCUT2D eigenvalue weighted by atomic mass is 9.87. The summed E-state index contributed by atoms with van der Waals surface area (Å²) in [7, 11) is 1.34. The van der Waals surface area contributed by atoms with Crippen LogP contribution >= 0.6 is 22.9 Å². The molecule has 0 radical (unpaired) electrons. The Morgan fingerprint density at radius 1 is 1.41 bits per heavy atom. The van der Waals surface area contributed by atoms with Crippen molar-refractivity contribution in [2.45, 2.75) is 18.9 Å². The summed E-state index contributed by atoms with van der Waals surface area (Å²) in [6, 6.07) is 3.40. The van der Waals surface area contributed by atoms with Gasteiger partial charge in [-0.05, 0) is 31.5 Å². The summed E-state index contributed by atoms with van der Waals surface area (Å²) in [6.07, 6.45) is 3.62. The van der Waals surface area contributed by atoms with Gasteiger partial charge in [0.1, 0.15) is 11.9 Å². The van der Waals surface area contributed by atoms with Crippen molar-refractivity contribution in [3.8, 4) is 0 Å². The van der Waals surface area contributed by atoms with E-state index in [0.717, 1.165) is 31.6 Å². The molecule has 2 aliphatic heterocycles. The number of benzene rings is 1. The Morgan fingerprint density at radius 3 is 2.93 bits per heavy atom. The number of aromatic nitrogens is 1. The molecule has 2 aromatic rings. The minimum Gasteiger partial charge on any atom is -0.466 e. The molecule has 2 N–H and O–H groups in total. The third kappa shape index (κ3) is 4.05. The van der Waals surface area contributed by atoms with Crippen molar-refractivity contribution in [1.82, 2.24) is 15.6 Å². The summed E-state index contributed by atoms with van der Waals surface area (Å²) in [5.74, 6) is -0.272. The number of nitrogens with one attached hydrogen (secondary N) is 2. The molecule has 0 saturated carbocycles. The molecule has 1 aromatic heterocycles. The molecule has 1 aromatic carbocycles. The molecule has 9 heteroatoms. The second kappa shape index (κ2) is 8.61. The van der Waals surface area contributed by atoms with Crippen LogP contribution in [0.15, 0.2) is 46.0 Å². The maximum absolute atomic E-state index is 13.7. The standard InChI is InChI=1S/C20H20ClFN4O2S/c1-28-20(27)15-16(11-3-2-6-23-10-11)25-18(19-24-7-8-29-19)26-17(15)13-5-4-12(22)9-14(13)21/h4-5,7-9,11,17,23H,2-3,6,10H2,1H3,(H,25,26). The van der Waals surface area contributed by atoms with Crippen molar-refractivity contribution in [1.29, 1.82) is 0 Å². The summed E-state index contributed by atoms with van der Waals surface area (Å²) in [5.41, 5.74) is 1.70. The highest BCUT2D eigenvalue weighted by Gasteiger charge is 2.36. The van der Waals surface area contributed by atoms with Gasteiger partial charge in [0, 0.05) is 40.3 Å². The zero-order chi connectivity index (χ0) is 20.4. The number of nitrogens with zero attached hydrogens (tertiary/aromatic N) is 2. The number of aliphatic imine (C=N–C) groups is 1. The van der Waals surface area contributed by atoms with Crippen LogP contribution in [-0.4, -0.2) is 37.0 Å².